The number of likely N-dealkylation sites (N-methyl/N-ethyl adjacent to an activating group) is 1. The van der Waals surface area contributed by atoms with E-state index in [4.69, 9.17) is 0 Å². The summed E-state index contributed by atoms with van der Waals surface area (Å²) in [6.45, 7) is 5.45. The third kappa shape index (κ3) is 3.70. The number of anilines is 1. The third-order valence-electron chi connectivity index (χ3n) is 6.38. The van der Waals surface area contributed by atoms with Gasteiger partial charge in [-0.25, -0.2) is 4.98 Å². The number of carbonyl (C=O) groups excluding carboxylic acids is 1. The molecule has 2 aliphatic rings. The Kier molecular flexibility index (Phi) is 5.44. The van der Waals surface area contributed by atoms with Crippen LogP contribution in [-0.2, 0) is 0 Å². The van der Waals surface area contributed by atoms with Crippen LogP contribution in [0.2, 0.25) is 0 Å². The molecule has 6 heteroatoms. The van der Waals surface area contributed by atoms with Crippen LogP contribution in [0.1, 0.15) is 34.0 Å². The number of carbonyl (C=O) groups is 1. The fraction of sp³-hybridized carbons (Fsp3) is 0.417. The van der Waals surface area contributed by atoms with E-state index in [-0.39, 0.29) is 5.91 Å². The molecule has 2 fully saturated rings. The fourth-order valence-electron chi connectivity index (χ4n) is 4.83. The fourth-order valence-corrected chi connectivity index (χ4v) is 6.09. The lowest BCUT2D eigenvalue weighted by atomic mass is 9.95. The van der Waals surface area contributed by atoms with Crippen LogP contribution < -0.4 is 4.90 Å². The third-order valence-corrected chi connectivity index (χ3v) is 7.56. The van der Waals surface area contributed by atoms with Crippen LogP contribution >= 0.6 is 11.3 Å². The molecule has 156 valence electrons. The summed E-state index contributed by atoms with van der Waals surface area (Å²) in [4.78, 5) is 25.9. The first-order valence-electron chi connectivity index (χ1n) is 10.9. The summed E-state index contributed by atoms with van der Waals surface area (Å²) in [7, 11) is 2.18. The van der Waals surface area contributed by atoms with Crippen molar-refractivity contribution in [1.82, 2.24) is 14.8 Å². The molecule has 0 saturated carbocycles. The van der Waals surface area contributed by atoms with E-state index in [0.29, 0.717) is 5.92 Å². The standard InChI is InChI=1S/C24H28N4OS/c1-26-14-10-18(17-26)22-19-7-2-3-8-20(19)30-23(22)24(29)28-13-6-12-27(15-16-28)21-9-4-5-11-25-21/h2-5,7-9,11,18H,6,10,12-17H2,1H3/t18-/m0/s1. The highest BCUT2D eigenvalue weighted by Gasteiger charge is 2.31. The molecule has 3 aromatic rings. The normalized spacial score (nSPS) is 20.6. The van der Waals surface area contributed by atoms with Gasteiger partial charge in [-0.3, -0.25) is 4.79 Å². The summed E-state index contributed by atoms with van der Waals surface area (Å²) in [6.07, 6.45) is 3.94. The van der Waals surface area contributed by atoms with Gasteiger partial charge < -0.3 is 14.7 Å². The molecular weight excluding hydrogens is 392 g/mol. The number of amides is 1. The van der Waals surface area contributed by atoms with Crippen molar-refractivity contribution in [3.05, 3.63) is 59.1 Å². The van der Waals surface area contributed by atoms with Gasteiger partial charge in [0, 0.05) is 49.5 Å². The molecule has 2 aliphatic heterocycles. The first-order chi connectivity index (χ1) is 14.7. The number of thiophene rings is 1. The predicted molar refractivity (Wildman–Crippen MR) is 124 cm³/mol. The molecule has 0 N–H and O–H groups in total. The summed E-state index contributed by atoms with van der Waals surface area (Å²) in [6, 6.07) is 14.6. The van der Waals surface area contributed by atoms with Crippen molar-refractivity contribution in [3.8, 4) is 0 Å². The van der Waals surface area contributed by atoms with Crippen molar-refractivity contribution in [3.63, 3.8) is 0 Å². The van der Waals surface area contributed by atoms with Crippen LogP contribution in [-0.4, -0.2) is 67.0 Å². The van der Waals surface area contributed by atoms with Gasteiger partial charge in [0.05, 0.1) is 4.88 Å². The number of nitrogens with zero attached hydrogens (tertiary/aromatic N) is 4. The van der Waals surface area contributed by atoms with Crippen molar-refractivity contribution >= 4 is 33.1 Å². The average molecular weight is 421 g/mol. The van der Waals surface area contributed by atoms with E-state index >= 15 is 0 Å². The van der Waals surface area contributed by atoms with E-state index in [9.17, 15) is 4.79 Å². The minimum absolute atomic E-state index is 0.212. The summed E-state index contributed by atoms with van der Waals surface area (Å²) < 4.78 is 1.23. The molecule has 0 bridgehead atoms. The Morgan fingerprint density at radius 2 is 1.90 bits per heavy atom. The highest BCUT2D eigenvalue weighted by Crippen LogP contribution is 2.40. The van der Waals surface area contributed by atoms with Crippen LogP contribution in [0.15, 0.2) is 48.7 Å². The number of hydrogen-bond donors (Lipinski definition) is 0. The second-order valence-corrected chi connectivity index (χ2v) is 9.46. The number of rotatable bonds is 3. The lowest BCUT2D eigenvalue weighted by Gasteiger charge is -2.23. The van der Waals surface area contributed by atoms with E-state index in [1.54, 1.807) is 11.3 Å². The van der Waals surface area contributed by atoms with Crippen LogP contribution in [0.5, 0.6) is 0 Å². The molecule has 5 nitrogen and oxygen atoms in total. The van der Waals surface area contributed by atoms with Crippen molar-refractivity contribution in [2.75, 3.05) is 51.2 Å². The lowest BCUT2D eigenvalue weighted by Crippen LogP contribution is -2.35. The average Bonchev–Trinajstić information content (AvgIpc) is 3.28. The molecule has 1 atom stereocenters. The molecule has 2 saturated heterocycles. The first kappa shape index (κ1) is 19.5. The van der Waals surface area contributed by atoms with Gasteiger partial charge in [0.1, 0.15) is 5.82 Å². The van der Waals surface area contributed by atoms with Crippen molar-refractivity contribution < 1.29 is 4.79 Å². The maximum Gasteiger partial charge on any atom is 0.264 e. The lowest BCUT2D eigenvalue weighted by molar-refractivity contribution is 0.0770. The molecule has 5 rings (SSSR count). The van der Waals surface area contributed by atoms with E-state index in [0.717, 1.165) is 62.8 Å². The topological polar surface area (TPSA) is 39.7 Å². The molecule has 4 heterocycles. The van der Waals surface area contributed by atoms with E-state index in [1.165, 1.54) is 15.6 Å². The summed E-state index contributed by atoms with van der Waals surface area (Å²) in [5.41, 5.74) is 1.29. The number of fused-ring (bicyclic) bond motifs is 1. The Morgan fingerprint density at radius 1 is 1.03 bits per heavy atom. The quantitative estimate of drug-likeness (QED) is 0.640. The van der Waals surface area contributed by atoms with Gasteiger partial charge in [0.2, 0.25) is 0 Å². The molecule has 0 spiro atoms. The molecule has 1 amide bonds. The molecule has 30 heavy (non-hydrogen) atoms. The Balaban J connectivity index is 1.42. The Labute approximate surface area is 181 Å². The zero-order chi connectivity index (χ0) is 20.5. The van der Waals surface area contributed by atoms with Gasteiger partial charge in [-0.1, -0.05) is 24.3 Å². The minimum atomic E-state index is 0.212. The van der Waals surface area contributed by atoms with E-state index < -0.39 is 0 Å². The molecule has 2 aromatic heterocycles. The Morgan fingerprint density at radius 3 is 2.70 bits per heavy atom. The van der Waals surface area contributed by atoms with E-state index in [1.807, 2.05) is 18.3 Å². The summed E-state index contributed by atoms with van der Waals surface area (Å²) in [5.74, 6) is 1.66. The van der Waals surface area contributed by atoms with Gasteiger partial charge in [-0.2, -0.15) is 0 Å². The van der Waals surface area contributed by atoms with Crippen LogP contribution in [0.4, 0.5) is 5.82 Å². The number of benzene rings is 1. The van der Waals surface area contributed by atoms with Crippen LogP contribution in [0, 0.1) is 0 Å². The van der Waals surface area contributed by atoms with Crippen LogP contribution in [0.25, 0.3) is 10.1 Å². The number of pyridine rings is 1. The van der Waals surface area contributed by atoms with E-state index in [2.05, 4.69) is 57.1 Å². The smallest absolute Gasteiger partial charge is 0.264 e. The van der Waals surface area contributed by atoms with Crippen molar-refractivity contribution in [2.24, 2.45) is 0 Å². The molecule has 0 aliphatic carbocycles. The van der Waals surface area contributed by atoms with Crippen molar-refractivity contribution in [2.45, 2.75) is 18.8 Å². The van der Waals surface area contributed by atoms with Crippen molar-refractivity contribution in [1.29, 1.82) is 0 Å². The second-order valence-electron chi connectivity index (χ2n) is 8.41. The van der Waals surface area contributed by atoms with Gasteiger partial charge >= 0.3 is 0 Å². The predicted octanol–water partition coefficient (Wildman–Crippen LogP) is 4.07. The summed E-state index contributed by atoms with van der Waals surface area (Å²) >= 11 is 1.68. The largest absolute Gasteiger partial charge is 0.355 e. The maximum absolute atomic E-state index is 13.7. The first-order valence-corrected chi connectivity index (χ1v) is 11.7. The summed E-state index contributed by atoms with van der Waals surface area (Å²) in [5, 5.41) is 1.27. The number of aromatic nitrogens is 1. The number of hydrogen-bond acceptors (Lipinski definition) is 5. The zero-order valence-electron chi connectivity index (χ0n) is 17.5. The Bertz CT molecular complexity index is 1030. The molecule has 0 unspecified atom stereocenters. The van der Waals surface area contributed by atoms with Gasteiger partial charge in [-0.05, 0) is 55.6 Å². The second kappa shape index (κ2) is 8.36. The Hall–Kier alpha value is -2.44. The minimum Gasteiger partial charge on any atom is -0.355 e. The van der Waals surface area contributed by atoms with Gasteiger partial charge in [-0.15, -0.1) is 11.3 Å². The maximum atomic E-state index is 13.7. The SMILES string of the molecule is CN1CC[C@H](c2c(C(=O)N3CCCN(c4ccccn4)CC3)sc3ccccc23)C1. The molecule has 0 radical (unpaired) electrons. The van der Waals surface area contributed by atoms with Gasteiger partial charge in [0.25, 0.3) is 5.91 Å². The highest BCUT2D eigenvalue weighted by atomic mass is 32.1. The van der Waals surface area contributed by atoms with Crippen LogP contribution in [0.3, 0.4) is 0 Å². The highest BCUT2D eigenvalue weighted by molar-refractivity contribution is 7.21. The van der Waals surface area contributed by atoms with Gasteiger partial charge in [0.15, 0.2) is 0 Å². The number of likely N-dealkylation sites (tertiary alicyclic amines) is 1. The molecule has 1 aromatic carbocycles. The molecular formula is C24H28N4OS. The monoisotopic (exact) mass is 420 g/mol. The zero-order valence-corrected chi connectivity index (χ0v) is 18.3.